The largest absolute Gasteiger partial charge is 0.346 e. The number of halogens is 1. The van der Waals surface area contributed by atoms with Gasteiger partial charge in [-0.1, -0.05) is 0 Å². The van der Waals surface area contributed by atoms with Crippen LogP contribution in [-0.4, -0.2) is 14.6 Å². The molecule has 0 fully saturated rings. The van der Waals surface area contributed by atoms with E-state index in [1.54, 1.807) is 15.9 Å². The molecule has 0 radical (unpaired) electrons. The fourth-order valence-corrected chi connectivity index (χ4v) is 2.91. The lowest BCUT2D eigenvalue weighted by Crippen LogP contribution is -2.06. The summed E-state index contributed by atoms with van der Waals surface area (Å²) in [6, 6.07) is 6.19. The van der Waals surface area contributed by atoms with Crippen molar-refractivity contribution in [3.05, 3.63) is 45.2 Å². The Balaban J connectivity index is 1.89. The summed E-state index contributed by atoms with van der Waals surface area (Å²) in [6.07, 6.45) is 1.88. The van der Waals surface area contributed by atoms with E-state index in [0.717, 1.165) is 10.1 Å². The number of thiophene rings is 1. The highest BCUT2D eigenvalue weighted by Gasteiger charge is 2.10. The van der Waals surface area contributed by atoms with Gasteiger partial charge in [0.15, 0.2) is 5.65 Å². The van der Waals surface area contributed by atoms with Crippen molar-refractivity contribution in [2.45, 2.75) is 13.0 Å². The maximum atomic E-state index is 4.46. The minimum atomic E-state index is 0.201. The van der Waals surface area contributed by atoms with Crippen LogP contribution in [0.25, 0.3) is 5.65 Å². The number of hydrogen-bond donors (Lipinski definition) is 1. The predicted molar refractivity (Wildman–Crippen MR) is 77.0 cm³/mol. The topological polar surface area (TPSA) is 42.2 Å². The van der Waals surface area contributed by atoms with Crippen molar-refractivity contribution in [2.75, 3.05) is 5.32 Å². The van der Waals surface area contributed by atoms with E-state index in [9.17, 15) is 0 Å². The van der Waals surface area contributed by atoms with Gasteiger partial charge in [-0.25, -0.2) is 4.52 Å². The Kier molecular flexibility index (Phi) is 3.05. The van der Waals surface area contributed by atoms with E-state index >= 15 is 0 Å². The average molecular weight is 323 g/mol. The van der Waals surface area contributed by atoms with Crippen molar-refractivity contribution in [3.63, 3.8) is 0 Å². The molecule has 0 amide bonds. The van der Waals surface area contributed by atoms with Gasteiger partial charge in [-0.05, 0) is 57.4 Å². The van der Waals surface area contributed by atoms with Crippen LogP contribution in [0.1, 0.15) is 18.5 Å². The molecule has 0 aliphatic carbocycles. The Morgan fingerprint density at radius 1 is 1.44 bits per heavy atom. The summed E-state index contributed by atoms with van der Waals surface area (Å²) in [5, 5.41) is 11.9. The van der Waals surface area contributed by atoms with Crippen LogP contribution in [0, 0.1) is 0 Å². The summed E-state index contributed by atoms with van der Waals surface area (Å²) in [5.41, 5.74) is 2.07. The van der Waals surface area contributed by atoms with Crippen LogP contribution in [0.4, 0.5) is 5.95 Å². The first-order valence-corrected chi connectivity index (χ1v) is 7.27. The van der Waals surface area contributed by atoms with Gasteiger partial charge in [-0.15, -0.1) is 5.10 Å². The van der Waals surface area contributed by atoms with Gasteiger partial charge in [0.05, 0.1) is 10.5 Å². The standard InChI is InChI=1S/C12H11BrN4S/c1-8(9-4-6-18-7-9)14-12-15-11-10(13)3-2-5-17(11)16-12/h2-8H,1H3,(H,14,16). The van der Waals surface area contributed by atoms with E-state index in [1.165, 1.54) is 5.56 Å². The van der Waals surface area contributed by atoms with Crippen molar-refractivity contribution < 1.29 is 0 Å². The van der Waals surface area contributed by atoms with Crippen LogP contribution >= 0.6 is 27.3 Å². The second-order valence-corrected chi connectivity index (χ2v) is 5.62. The lowest BCUT2D eigenvalue weighted by Gasteiger charge is -2.09. The number of rotatable bonds is 3. The fraction of sp³-hybridized carbons (Fsp3) is 0.167. The van der Waals surface area contributed by atoms with Gasteiger partial charge in [0.25, 0.3) is 0 Å². The number of fused-ring (bicyclic) bond motifs is 1. The third kappa shape index (κ3) is 2.13. The minimum Gasteiger partial charge on any atom is -0.346 e. The van der Waals surface area contributed by atoms with Crippen molar-refractivity contribution in [2.24, 2.45) is 0 Å². The molecule has 0 aliphatic rings. The molecular formula is C12H11BrN4S. The fourth-order valence-electron chi connectivity index (χ4n) is 1.73. The highest BCUT2D eigenvalue weighted by Crippen LogP contribution is 2.21. The van der Waals surface area contributed by atoms with Crippen LogP contribution in [0.5, 0.6) is 0 Å². The molecule has 3 aromatic heterocycles. The molecule has 92 valence electrons. The number of anilines is 1. The Morgan fingerprint density at radius 2 is 2.33 bits per heavy atom. The number of nitrogens with one attached hydrogen (secondary N) is 1. The summed E-state index contributed by atoms with van der Waals surface area (Å²) >= 11 is 5.16. The average Bonchev–Trinajstić information content (AvgIpc) is 2.97. The lowest BCUT2D eigenvalue weighted by molar-refractivity contribution is 0.857. The van der Waals surface area contributed by atoms with Gasteiger partial charge in [-0.2, -0.15) is 16.3 Å². The van der Waals surface area contributed by atoms with Gasteiger partial charge in [0, 0.05) is 6.20 Å². The molecule has 1 atom stereocenters. The van der Waals surface area contributed by atoms with Gasteiger partial charge in [0.1, 0.15) is 0 Å². The Hall–Kier alpha value is -1.40. The number of hydrogen-bond acceptors (Lipinski definition) is 4. The molecule has 1 N–H and O–H groups in total. The van der Waals surface area contributed by atoms with Crippen LogP contribution in [-0.2, 0) is 0 Å². The summed E-state index contributed by atoms with van der Waals surface area (Å²) < 4.78 is 2.70. The van der Waals surface area contributed by atoms with E-state index in [-0.39, 0.29) is 6.04 Å². The molecule has 0 bridgehead atoms. The zero-order chi connectivity index (χ0) is 12.5. The second-order valence-electron chi connectivity index (χ2n) is 3.98. The first-order valence-electron chi connectivity index (χ1n) is 5.53. The Bertz CT molecular complexity index is 662. The van der Waals surface area contributed by atoms with Crippen molar-refractivity contribution >= 4 is 38.9 Å². The van der Waals surface area contributed by atoms with Crippen molar-refractivity contribution in [1.29, 1.82) is 0 Å². The molecule has 3 heterocycles. The van der Waals surface area contributed by atoms with E-state index in [4.69, 9.17) is 0 Å². The highest BCUT2D eigenvalue weighted by atomic mass is 79.9. The van der Waals surface area contributed by atoms with E-state index in [0.29, 0.717) is 5.95 Å². The SMILES string of the molecule is CC(Nc1nc2c(Br)cccn2n1)c1ccsc1. The smallest absolute Gasteiger partial charge is 0.243 e. The molecule has 3 aromatic rings. The second kappa shape index (κ2) is 4.70. The maximum Gasteiger partial charge on any atom is 0.243 e. The van der Waals surface area contributed by atoms with Crippen LogP contribution in [0.3, 0.4) is 0 Å². The molecule has 0 aliphatic heterocycles. The van der Waals surface area contributed by atoms with Crippen LogP contribution in [0.2, 0.25) is 0 Å². The van der Waals surface area contributed by atoms with Gasteiger partial charge in [-0.3, -0.25) is 0 Å². The molecule has 3 rings (SSSR count). The minimum absolute atomic E-state index is 0.201. The van der Waals surface area contributed by atoms with Gasteiger partial charge in [0.2, 0.25) is 5.95 Å². The molecule has 0 spiro atoms. The molecule has 18 heavy (non-hydrogen) atoms. The lowest BCUT2D eigenvalue weighted by atomic mass is 10.2. The number of pyridine rings is 1. The first kappa shape index (κ1) is 11.7. The summed E-state index contributed by atoms with van der Waals surface area (Å²) in [7, 11) is 0. The molecule has 1 unspecified atom stereocenters. The first-order chi connectivity index (χ1) is 8.74. The maximum absolute atomic E-state index is 4.46. The van der Waals surface area contributed by atoms with E-state index < -0.39 is 0 Å². The third-order valence-electron chi connectivity index (χ3n) is 2.70. The zero-order valence-corrected chi connectivity index (χ0v) is 12.1. The summed E-state index contributed by atoms with van der Waals surface area (Å²) in [4.78, 5) is 4.46. The van der Waals surface area contributed by atoms with Crippen LogP contribution in [0.15, 0.2) is 39.6 Å². The van der Waals surface area contributed by atoms with Crippen LogP contribution < -0.4 is 5.32 Å². The molecule has 6 heteroatoms. The van der Waals surface area contributed by atoms with Gasteiger partial charge < -0.3 is 5.32 Å². The molecule has 0 saturated heterocycles. The van der Waals surface area contributed by atoms with Gasteiger partial charge >= 0.3 is 0 Å². The normalized spacial score (nSPS) is 12.8. The third-order valence-corrected chi connectivity index (χ3v) is 4.02. The van der Waals surface area contributed by atoms with Crippen molar-refractivity contribution in [3.8, 4) is 0 Å². The van der Waals surface area contributed by atoms with E-state index in [2.05, 4.69) is 55.1 Å². The Morgan fingerprint density at radius 3 is 3.06 bits per heavy atom. The monoisotopic (exact) mass is 322 g/mol. The predicted octanol–water partition coefficient (Wildman–Crippen LogP) is 3.73. The Labute approximate surface area is 117 Å². The quantitative estimate of drug-likeness (QED) is 0.799. The zero-order valence-electron chi connectivity index (χ0n) is 9.67. The highest BCUT2D eigenvalue weighted by molar-refractivity contribution is 9.10. The summed E-state index contributed by atoms with van der Waals surface area (Å²) in [5.74, 6) is 0.639. The molecule has 0 saturated carbocycles. The van der Waals surface area contributed by atoms with Crippen molar-refractivity contribution in [1.82, 2.24) is 14.6 Å². The molecular weight excluding hydrogens is 312 g/mol. The van der Waals surface area contributed by atoms with E-state index in [1.807, 2.05) is 18.3 Å². The number of nitrogens with zero attached hydrogens (tertiary/aromatic N) is 3. The summed E-state index contributed by atoms with van der Waals surface area (Å²) in [6.45, 7) is 2.10. The number of aromatic nitrogens is 3. The molecule has 4 nitrogen and oxygen atoms in total. The molecule has 0 aromatic carbocycles.